The van der Waals surface area contributed by atoms with Gasteiger partial charge in [-0.05, 0) is 48.6 Å². The second-order valence-corrected chi connectivity index (χ2v) is 4.10. The summed E-state index contributed by atoms with van der Waals surface area (Å²) in [5.74, 6) is 1.41. The van der Waals surface area contributed by atoms with Crippen molar-refractivity contribution in [3.05, 3.63) is 21.3 Å². The Morgan fingerprint density at radius 2 is 2.00 bits per heavy atom. The van der Waals surface area contributed by atoms with Crippen LogP contribution in [-0.4, -0.2) is 24.6 Å². The van der Waals surface area contributed by atoms with E-state index in [1.54, 1.807) is 6.07 Å². The molecule has 0 fully saturated rings. The first-order valence-corrected chi connectivity index (χ1v) is 6.07. The lowest BCUT2D eigenvalue weighted by atomic mass is 10.2. The topological polar surface area (TPSA) is 51.0 Å². The van der Waals surface area contributed by atoms with E-state index in [2.05, 4.69) is 27.7 Å². The zero-order valence-corrected chi connectivity index (χ0v) is 11.4. The molecule has 1 aromatic carbocycles. The Bertz CT molecular complexity index is 380. The molecule has 16 heavy (non-hydrogen) atoms. The molecule has 0 unspecified atom stereocenters. The second kappa shape index (κ2) is 6.57. The quantitative estimate of drug-likeness (QED) is 0.390. The zero-order chi connectivity index (χ0) is 12.0. The highest BCUT2D eigenvalue weighted by molar-refractivity contribution is 14.1. The lowest BCUT2D eigenvalue weighted by molar-refractivity contribution is 0.286. The van der Waals surface area contributed by atoms with E-state index in [1.165, 1.54) is 6.21 Å². The summed E-state index contributed by atoms with van der Waals surface area (Å²) in [5.41, 5.74) is 0.777. The standard InChI is InChI=1S/C11H14INO3/c1-3-15-10-6-8(7-13-14)5-9(12)11(10)16-4-2/h5-7,14H,3-4H2,1-2H3/b13-7+. The summed E-state index contributed by atoms with van der Waals surface area (Å²) in [7, 11) is 0. The van der Waals surface area contributed by atoms with Crippen molar-refractivity contribution in [1.29, 1.82) is 0 Å². The largest absolute Gasteiger partial charge is 0.490 e. The third kappa shape index (κ3) is 3.26. The summed E-state index contributed by atoms with van der Waals surface area (Å²) >= 11 is 2.17. The summed E-state index contributed by atoms with van der Waals surface area (Å²) in [6, 6.07) is 3.66. The predicted molar refractivity (Wildman–Crippen MR) is 70.9 cm³/mol. The lowest BCUT2D eigenvalue weighted by Crippen LogP contribution is -2.01. The van der Waals surface area contributed by atoms with Crippen molar-refractivity contribution >= 4 is 28.8 Å². The Hall–Kier alpha value is -0.980. The van der Waals surface area contributed by atoms with E-state index in [0.29, 0.717) is 19.0 Å². The minimum atomic E-state index is 0.565. The Kier molecular flexibility index (Phi) is 5.37. The Labute approximate surface area is 108 Å². The first kappa shape index (κ1) is 13.1. The number of nitrogens with zero attached hydrogens (tertiary/aromatic N) is 1. The van der Waals surface area contributed by atoms with E-state index in [0.717, 1.165) is 14.9 Å². The van der Waals surface area contributed by atoms with Crippen LogP contribution < -0.4 is 9.47 Å². The number of oxime groups is 1. The normalized spacial score (nSPS) is 10.7. The van der Waals surface area contributed by atoms with Crippen LogP contribution in [0.3, 0.4) is 0 Å². The Balaban J connectivity index is 3.15. The highest BCUT2D eigenvalue weighted by Crippen LogP contribution is 2.33. The Morgan fingerprint density at radius 3 is 2.56 bits per heavy atom. The Morgan fingerprint density at radius 1 is 1.31 bits per heavy atom. The van der Waals surface area contributed by atoms with Crippen LogP contribution in [0.25, 0.3) is 0 Å². The molecule has 5 heteroatoms. The SMILES string of the molecule is CCOc1cc(/C=N/O)cc(I)c1OCC. The van der Waals surface area contributed by atoms with Gasteiger partial charge in [-0.2, -0.15) is 0 Å². The van der Waals surface area contributed by atoms with Crippen LogP contribution in [0.1, 0.15) is 19.4 Å². The van der Waals surface area contributed by atoms with Gasteiger partial charge in [-0.3, -0.25) is 0 Å². The molecule has 1 rings (SSSR count). The summed E-state index contributed by atoms with van der Waals surface area (Å²) in [4.78, 5) is 0. The molecule has 0 aliphatic heterocycles. The van der Waals surface area contributed by atoms with Gasteiger partial charge < -0.3 is 14.7 Å². The molecule has 0 amide bonds. The van der Waals surface area contributed by atoms with Crippen molar-refractivity contribution < 1.29 is 14.7 Å². The summed E-state index contributed by atoms with van der Waals surface area (Å²) in [5, 5.41) is 11.5. The summed E-state index contributed by atoms with van der Waals surface area (Å²) in [6.07, 6.45) is 1.36. The molecular formula is C11H14INO3. The van der Waals surface area contributed by atoms with Crippen molar-refractivity contribution in [3.8, 4) is 11.5 Å². The fourth-order valence-corrected chi connectivity index (χ4v) is 2.06. The molecule has 1 aromatic rings. The smallest absolute Gasteiger partial charge is 0.174 e. The molecule has 0 aliphatic carbocycles. The van der Waals surface area contributed by atoms with Gasteiger partial charge in [0.05, 0.1) is 23.0 Å². The van der Waals surface area contributed by atoms with E-state index in [-0.39, 0.29) is 0 Å². The first-order chi connectivity index (χ1) is 7.72. The minimum absolute atomic E-state index is 0.565. The number of hydrogen-bond acceptors (Lipinski definition) is 4. The van der Waals surface area contributed by atoms with Crippen LogP contribution in [0, 0.1) is 3.57 Å². The predicted octanol–water partition coefficient (Wildman–Crippen LogP) is 2.90. The van der Waals surface area contributed by atoms with Crippen molar-refractivity contribution in [1.82, 2.24) is 0 Å². The van der Waals surface area contributed by atoms with Crippen molar-refractivity contribution in [3.63, 3.8) is 0 Å². The average Bonchev–Trinajstić information content (AvgIpc) is 2.24. The van der Waals surface area contributed by atoms with Crippen molar-refractivity contribution in [2.75, 3.05) is 13.2 Å². The molecule has 0 saturated heterocycles. The molecule has 0 spiro atoms. The van der Waals surface area contributed by atoms with E-state index in [4.69, 9.17) is 14.7 Å². The maximum absolute atomic E-state index is 8.50. The van der Waals surface area contributed by atoms with Gasteiger partial charge in [0.1, 0.15) is 0 Å². The fourth-order valence-electron chi connectivity index (χ4n) is 1.28. The third-order valence-electron chi connectivity index (χ3n) is 1.83. The van der Waals surface area contributed by atoms with Crippen molar-refractivity contribution in [2.45, 2.75) is 13.8 Å². The number of benzene rings is 1. The molecule has 0 atom stereocenters. The number of ether oxygens (including phenoxy) is 2. The highest BCUT2D eigenvalue weighted by Gasteiger charge is 2.10. The molecule has 0 saturated carbocycles. The van der Waals surface area contributed by atoms with Gasteiger partial charge in [0.2, 0.25) is 0 Å². The monoisotopic (exact) mass is 335 g/mol. The molecule has 4 nitrogen and oxygen atoms in total. The number of rotatable bonds is 5. The highest BCUT2D eigenvalue weighted by atomic mass is 127. The van der Waals surface area contributed by atoms with Crippen LogP contribution in [0.2, 0.25) is 0 Å². The maximum atomic E-state index is 8.50. The lowest BCUT2D eigenvalue weighted by Gasteiger charge is -2.13. The van der Waals surface area contributed by atoms with E-state index >= 15 is 0 Å². The van der Waals surface area contributed by atoms with Gasteiger partial charge in [0.25, 0.3) is 0 Å². The van der Waals surface area contributed by atoms with Crippen LogP contribution in [-0.2, 0) is 0 Å². The van der Waals surface area contributed by atoms with E-state index < -0.39 is 0 Å². The van der Waals surface area contributed by atoms with Crippen LogP contribution in [0.4, 0.5) is 0 Å². The van der Waals surface area contributed by atoms with Gasteiger partial charge in [-0.1, -0.05) is 5.16 Å². The molecule has 0 radical (unpaired) electrons. The fraction of sp³-hybridized carbons (Fsp3) is 0.364. The zero-order valence-electron chi connectivity index (χ0n) is 9.24. The molecular weight excluding hydrogens is 321 g/mol. The third-order valence-corrected chi connectivity index (χ3v) is 2.63. The molecule has 0 heterocycles. The van der Waals surface area contributed by atoms with Crippen LogP contribution in [0.15, 0.2) is 17.3 Å². The number of halogens is 1. The van der Waals surface area contributed by atoms with Crippen LogP contribution >= 0.6 is 22.6 Å². The van der Waals surface area contributed by atoms with Gasteiger partial charge in [-0.15, -0.1) is 0 Å². The molecule has 1 N–H and O–H groups in total. The maximum Gasteiger partial charge on any atom is 0.174 e. The molecule has 88 valence electrons. The second-order valence-electron chi connectivity index (χ2n) is 2.94. The van der Waals surface area contributed by atoms with Gasteiger partial charge in [0.15, 0.2) is 11.5 Å². The van der Waals surface area contributed by atoms with Gasteiger partial charge >= 0.3 is 0 Å². The average molecular weight is 335 g/mol. The number of hydrogen-bond donors (Lipinski definition) is 1. The molecule has 0 bridgehead atoms. The minimum Gasteiger partial charge on any atom is -0.490 e. The summed E-state index contributed by atoms with van der Waals surface area (Å²) < 4.78 is 11.9. The van der Waals surface area contributed by atoms with E-state index in [9.17, 15) is 0 Å². The molecule has 0 aliphatic rings. The van der Waals surface area contributed by atoms with Gasteiger partial charge in [-0.25, -0.2) is 0 Å². The van der Waals surface area contributed by atoms with E-state index in [1.807, 2.05) is 19.9 Å². The van der Waals surface area contributed by atoms with Crippen molar-refractivity contribution in [2.24, 2.45) is 5.16 Å². The van der Waals surface area contributed by atoms with Gasteiger partial charge in [0, 0.05) is 5.56 Å². The summed E-state index contributed by atoms with van der Waals surface area (Å²) in [6.45, 7) is 4.99. The first-order valence-electron chi connectivity index (χ1n) is 4.99. The van der Waals surface area contributed by atoms with Crippen LogP contribution in [0.5, 0.6) is 11.5 Å². The molecule has 0 aromatic heterocycles.